The van der Waals surface area contributed by atoms with Crippen LogP contribution in [0.4, 0.5) is 0 Å². The van der Waals surface area contributed by atoms with E-state index in [9.17, 15) is 14.4 Å². The van der Waals surface area contributed by atoms with Crippen molar-refractivity contribution in [3.8, 4) is 5.75 Å². The predicted molar refractivity (Wildman–Crippen MR) is 123 cm³/mol. The number of nitrogens with zero attached hydrogens (tertiary/aromatic N) is 2. The molecule has 0 saturated carbocycles. The Morgan fingerprint density at radius 1 is 1.06 bits per heavy atom. The molecule has 0 saturated heterocycles. The van der Waals surface area contributed by atoms with Crippen molar-refractivity contribution in [2.75, 3.05) is 26.2 Å². The summed E-state index contributed by atoms with van der Waals surface area (Å²) in [5.41, 5.74) is 1.90. The zero-order valence-corrected chi connectivity index (χ0v) is 19.2. The molecule has 7 nitrogen and oxygen atoms in total. The monoisotopic (exact) mass is 437 g/mol. The molecule has 1 aliphatic rings. The Kier molecular flexibility index (Phi) is 7.64. The van der Waals surface area contributed by atoms with Crippen molar-refractivity contribution in [1.29, 1.82) is 0 Å². The Bertz CT molecular complexity index is 967. The van der Waals surface area contributed by atoms with Crippen LogP contribution >= 0.6 is 0 Å². The number of ether oxygens (including phenoxy) is 1. The first-order valence-electron chi connectivity index (χ1n) is 11.1. The maximum Gasteiger partial charge on any atom is 0.261 e. The molecule has 2 aromatic carbocycles. The maximum atomic E-state index is 12.9. The third kappa shape index (κ3) is 4.99. The normalized spacial score (nSPS) is 13.1. The summed E-state index contributed by atoms with van der Waals surface area (Å²) in [6.45, 7) is 10.9. The van der Waals surface area contributed by atoms with Gasteiger partial charge in [-0.05, 0) is 57.1 Å². The molecule has 1 heterocycles. The summed E-state index contributed by atoms with van der Waals surface area (Å²) in [5.74, 6) is -0.401. The van der Waals surface area contributed by atoms with Crippen LogP contribution in [-0.4, -0.2) is 59.8 Å². The second kappa shape index (κ2) is 10.4. The number of carbonyl (C=O) groups is 3. The van der Waals surface area contributed by atoms with E-state index in [4.69, 9.17) is 4.74 Å². The molecule has 0 fully saturated rings. The van der Waals surface area contributed by atoms with Gasteiger partial charge in [0.15, 0.2) is 0 Å². The van der Waals surface area contributed by atoms with Gasteiger partial charge in [-0.15, -0.1) is 0 Å². The highest BCUT2D eigenvalue weighted by Gasteiger charge is 2.35. The van der Waals surface area contributed by atoms with Crippen molar-refractivity contribution >= 4 is 17.7 Å². The number of imide groups is 1. The van der Waals surface area contributed by atoms with Crippen molar-refractivity contribution in [2.24, 2.45) is 0 Å². The minimum absolute atomic E-state index is 0.0932. The zero-order valence-electron chi connectivity index (χ0n) is 19.2. The van der Waals surface area contributed by atoms with E-state index in [1.165, 1.54) is 4.90 Å². The molecule has 0 spiro atoms. The Balaban J connectivity index is 1.75. The molecule has 0 unspecified atom stereocenters. The predicted octanol–water partition coefficient (Wildman–Crippen LogP) is 3.34. The Hall–Kier alpha value is -3.19. The van der Waals surface area contributed by atoms with E-state index in [1.54, 1.807) is 42.5 Å². The van der Waals surface area contributed by atoms with Crippen LogP contribution in [0, 0.1) is 0 Å². The van der Waals surface area contributed by atoms with E-state index in [0.29, 0.717) is 47.2 Å². The number of hydrogen-bond donors (Lipinski definition) is 1. The smallest absolute Gasteiger partial charge is 0.261 e. The van der Waals surface area contributed by atoms with Crippen molar-refractivity contribution in [2.45, 2.75) is 40.3 Å². The van der Waals surface area contributed by atoms with Crippen LogP contribution in [0.25, 0.3) is 0 Å². The Labute approximate surface area is 189 Å². The molecular weight excluding hydrogens is 406 g/mol. The van der Waals surface area contributed by atoms with Crippen molar-refractivity contribution < 1.29 is 19.1 Å². The van der Waals surface area contributed by atoms with E-state index >= 15 is 0 Å². The summed E-state index contributed by atoms with van der Waals surface area (Å²) in [5, 5.41) is 2.96. The first-order chi connectivity index (χ1) is 15.4. The first-order valence-corrected chi connectivity index (χ1v) is 11.1. The summed E-state index contributed by atoms with van der Waals surface area (Å²) in [6.07, 6.45) is 0. The van der Waals surface area contributed by atoms with E-state index in [1.807, 2.05) is 6.92 Å². The fourth-order valence-corrected chi connectivity index (χ4v) is 3.89. The fraction of sp³-hybridized carbons (Fsp3) is 0.400. The van der Waals surface area contributed by atoms with Crippen LogP contribution in [0.5, 0.6) is 5.75 Å². The van der Waals surface area contributed by atoms with Crippen molar-refractivity contribution in [3.05, 3.63) is 64.7 Å². The highest BCUT2D eigenvalue weighted by Crippen LogP contribution is 2.26. The van der Waals surface area contributed by atoms with Gasteiger partial charge in [-0.2, -0.15) is 0 Å². The number of hydrogen-bond acceptors (Lipinski definition) is 5. The third-order valence-electron chi connectivity index (χ3n) is 5.63. The molecule has 3 amide bonds. The fourth-order valence-electron chi connectivity index (χ4n) is 3.89. The minimum Gasteiger partial charge on any atom is -0.493 e. The van der Waals surface area contributed by atoms with Gasteiger partial charge in [0.2, 0.25) is 0 Å². The number of nitrogens with one attached hydrogen (secondary N) is 1. The van der Waals surface area contributed by atoms with Crippen LogP contribution in [0.1, 0.15) is 64.3 Å². The van der Waals surface area contributed by atoms with Crippen molar-refractivity contribution in [3.63, 3.8) is 0 Å². The van der Waals surface area contributed by atoms with Crippen LogP contribution in [-0.2, 0) is 6.54 Å². The standard InChI is InChI=1S/C25H31N3O4/c1-5-27(17(3)4)14-13-26-23(29)21-15-18(11-12-22(21)32-6-2)16-28-24(30)19-9-7-8-10-20(19)25(28)31/h7-12,15,17H,5-6,13-14,16H2,1-4H3,(H,26,29). The molecule has 2 aromatic rings. The zero-order chi connectivity index (χ0) is 23.3. The van der Waals surface area contributed by atoms with Crippen LogP contribution in [0.2, 0.25) is 0 Å². The maximum absolute atomic E-state index is 12.9. The van der Waals surface area contributed by atoms with Gasteiger partial charge in [-0.3, -0.25) is 24.2 Å². The number of benzene rings is 2. The number of fused-ring (bicyclic) bond motifs is 1. The van der Waals surface area contributed by atoms with Crippen LogP contribution in [0.15, 0.2) is 42.5 Å². The van der Waals surface area contributed by atoms with E-state index in [-0.39, 0.29) is 24.3 Å². The Morgan fingerprint density at radius 2 is 1.72 bits per heavy atom. The number of likely N-dealkylation sites (N-methyl/N-ethyl adjacent to an activating group) is 1. The molecular formula is C25H31N3O4. The highest BCUT2D eigenvalue weighted by atomic mass is 16.5. The van der Waals surface area contributed by atoms with Gasteiger partial charge in [-0.1, -0.05) is 25.1 Å². The second-order valence-corrected chi connectivity index (χ2v) is 7.98. The van der Waals surface area contributed by atoms with Gasteiger partial charge < -0.3 is 10.1 Å². The molecule has 0 atom stereocenters. The van der Waals surface area contributed by atoms with Gasteiger partial charge in [-0.25, -0.2) is 0 Å². The lowest BCUT2D eigenvalue weighted by Gasteiger charge is -2.24. The molecule has 0 aromatic heterocycles. The quantitative estimate of drug-likeness (QED) is 0.577. The van der Waals surface area contributed by atoms with Crippen LogP contribution < -0.4 is 10.1 Å². The summed E-state index contributed by atoms with van der Waals surface area (Å²) in [7, 11) is 0. The van der Waals surface area contributed by atoms with E-state index in [0.717, 1.165) is 13.1 Å². The van der Waals surface area contributed by atoms with E-state index < -0.39 is 0 Å². The summed E-state index contributed by atoms with van der Waals surface area (Å²) < 4.78 is 5.64. The average molecular weight is 438 g/mol. The largest absolute Gasteiger partial charge is 0.493 e. The van der Waals surface area contributed by atoms with Gasteiger partial charge in [0, 0.05) is 19.1 Å². The lowest BCUT2D eigenvalue weighted by molar-refractivity contribution is 0.0642. The molecule has 1 aliphatic heterocycles. The first kappa shape index (κ1) is 23.5. The number of carbonyl (C=O) groups excluding carboxylic acids is 3. The van der Waals surface area contributed by atoms with Gasteiger partial charge in [0.05, 0.1) is 29.8 Å². The minimum atomic E-state index is -0.321. The van der Waals surface area contributed by atoms with Gasteiger partial charge >= 0.3 is 0 Å². The SMILES string of the molecule is CCOc1ccc(CN2C(=O)c3ccccc3C2=O)cc1C(=O)NCCN(CC)C(C)C. The third-order valence-corrected chi connectivity index (χ3v) is 5.63. The lowest BCUT2D eigenvalue weighted by atomic mass is 10.1. The summed E-state index contributed by atoms with van der Waals surface area (Å²) in [6, 6.07) is 12.4. The average Bonchev–Trinajstić information content (AvgIpc) is 3.02. The van der Waals surface area contributed by atoms with Gasteiger partial charge in [0.25, 0.3) is 17.7 Å². The van der Waals surface area contributed by atoms with Gasteiger partial charge in [0.1, 0.15) is 5.75 Å². The van der Waals surface area contributed by atoms with Crippen molar-refractivity contribution in [1.82, 2.24) is 15.1 Å². The lowest BCUT2D eigenvalue weighted by Crippen LogP contribution is -2.38. The second-order valence-electron chi connectivity index (χ2n) is 7.98. The number of rotatable bonds is 10. The van der Waals surface area contributed by atoms with E-state index in [2.05, 4.69) is 31.0 Å². The molecule has 0 bridgehead atoms. The Morgan fingerprint density at radius 3 is 2.28 bits per heavy atom. The number of amides is 3. The molecule has 170 valence electrons. The molecule has 1 N–H and O–H groups in total. The highest BCUT2D eigenvalue weighted by molar-refractivity contribution is 6.21. The molecule has 0 radical (unpaired) electrons. The molecule has 32 heavy (non-hydrogen) atoms. The molecule has 7 heteroatoms. The molecule has 3 rings (SSSR count). The topological polar surface area (TPSA) is 78.9 Å². The summed E-state index contributed by atoms with van der Waals surface area (Å²) >= 11 is 0. The summed E-state index contributed by atoms with van der Waals surface area (Å²) in [4.78, 5) is 41.8. The van der Waals surface area contributed by atoms with Crippen LogP contribution in [0.3, 0.4) is 0 Å². The molecule has 0 aliphatic carbocycles.